The Morgan fingerprint density at radius 3 is 2.38 bits per heavy atom. The first-order valence-electron chi connectivity index (χ1n) is 2.66. The van der Waals surface area contributed by atoms with Gasteiger partial charge in [0.15, 0.2) is 0 Å². The maximum absolute atomic E-state index is 5.49. The van der Waals surface area contributed by atoms with Crippen molar-refractivity contribution in [2.75, 3.05) is 0 Å². The minimum atomic E-state index is 0.819. The SMILES string of the molecule is NC1=CCCC=C1S. The van der Waals surface area contributed by atoms with Crippen LogP contribution in [0, 0.1) is 0 Å². The first-order valence-corrected chi connectivity index (χ1v) is 3.10. The fourth-order valence-electron chi connectivity index (χ4n) is 0.681. The summed E-state index contributed by atoms with van der Waals surface area (Å²) in [5.74, 6) is 0. The van der Waals surface area contributed by atoms with Crippen molar-refractivity contribution in [3.8, 4) is 0 Å². The van der Waals surface area contributed by atoms with E-state index >= 15 is 0 Å². The van der Waals surface area contributed by atoms with E-state index in [4.69, 9.17) is 5.73 Å². The van der Waals surface area contributed by atoms with Gasteiger partial charge in [-0.1, -0.05) is 12.2 Å². The van der Waals surface area contributed by atoms with Crippen molar-refractivity contribution in [3.63, 3.8) is 0 Å². The van der Waals surface area contributed by atoms with Gasteiger partial charge in [0.2, 0.25) is 0 Å². The fraction of sp³-hybridized carbons (Fsp3) is 0.333. The molecule has 0 aromatic rings. The molecule has 1 rings (SSSR count). The molecule has 0 heterocycles. The summed E-state index contributed by atoms with van der Waals surface area (Å²) >= 11 is 4.12. The lowest BCUT2D eigenvalue weighted by atomic mass is 10.1. The van der Waals surface area contributed by atoms with E-state index in [2.05, 4.69) is 12.6 Å². The number of thiol groups is 1. The van der Waals surface area contributed by atoms with Crippen molar-refractivity contribution in [2.24, 2.45) is 5.73 Å². The van der Waals surface area contributed by atoms with Crippen LogP contribution in [0.2, 0.25) is 0 Å². The highest BCUT2D eigenvalue weighted by Gasteiger charge is 1.97. The van der Waals surface area contributed by atoms with Gasteiger partial charge in [0.25, 0.3) is 0 Å². The molecule has 0 aromatic carbocycles. The smallest absolute Gasteiger partial charge is 0.0405 e. The van der Waals surface area contributed by atoms with Crippen LogP contribution in [0.25, 0.3) is 0 Å². The third-order valence-corrected chi connectivity index (χ3v) is 1.61. The Balaban J connectivity index is 2.73. The normalized spacial score (nSPS) is 19.6. The molecule has 0 aliphatic heterocycles. The molecular weight excluding hydrogens is 118 g/mol. The quantitative estimate of drug-likeness (QED) is 0.473. The van der Waals surface area contributed by atoms with Crippen molar-refractivity contribution in [1.82, 2.24) is 0 Å². The zero-order valence-corrected chi connectivity index (χ0v) is 5.49. The zero-order chi connectivity index (χ0) is 5.98. The lowest BCUT2D eigenvalue weighted by Crippen LogP contribution is -1.99. The van der Waals surface area contributed by atoms with Crippen LogP contribution in [0.5, 0.6) is 0 Å². The number of rotatable bonds is 0. The maximum Gasteiger partial charge on any atom is 0.0405 e. The summed E-state index contributed by atoms with van der Waals surface area (Å²) in [7, 11) is 0. The largest absolute Gasteiger partial charge is 0.398 e. The molecule has 0 fully saturated rings. The summed E-state index contributed by atoms with van der Waals surface area (Å²) in [5.41, 5.74) is 6.31. The molecule has 2 N–H and O–H groups in total. The molecule has 0 bridgehead atoms. The molecule has 0 aromatic heterocycles. The first-order chi connectivity index (χ1) is 3.80. The highest BCUT2D eigenvalue weighted by atomic mass is 32.1. The molecule has 0 saturated heterocycles. The lowest BCUT2D eigenvalue weighted by Gasteiger charge is -2.04. The average Bonchev–Trinajstić information content (AvgIpc) is 1.77. The van der Waals surface area contributed by atoms with Crippen molar-refractivity contribution in [2.45, 2.75) is 12.8 Å². The van der Waals surface area contributed by atoms with Gasteiger partial charge in [-0.25, -0.2) is 0 Å². The van der Waals surface area contributed by atoms with Gasteiger partial charge in [0, 0.05) is 10.6 Å². The maximum atomic E-state index is 5.49. The second kappa shape index (κ2) is 2.27. The van der Waals surface area contributed by atoms with Gasteiger partial charge in [0.1, 0.15) is 0 Å². The molecule has 2 heteroatoms. The molecule has 1 aliphatic rings. The van der Waals surface area contributed by atoms with E-state index in [1.807, 2.05) is 12.2 Å². The van der Waals surface area contributed by atoms with Crippen LogP contribution in [0.4, 0.5) is 0 Å². The van der Waals surface area contributed by atoms with Crippen LogP contribution in [-0.2, 0) is 0 Å². The number of hydrogen-bond acceptors (Lipinski definition) is 2. The van der Waals surface area contributed by atoms with Gasteiger partial charge in [-0.15, -0.1) is 12.6 Å². The van der Waals surface area contributed by atoms with Crippen molar-refractivity contribution >= 4 is 12.6 Å². The van der Waals surface area contributed by atoms with E-state index in [1.54, 1.807) is 0 Å². The van der Waals surface area contributed by atoms with Crippen LogP contribution in [0.1, 0.15) is 12.8 Å². The Morgan fingerprint density at radius 1 is 1.38 bits per heavy atom. The number of hydrogen-bond donors (Lipinski definition) is 2. The predicted molar refractivity (Wildman–Crippen MR) is 38.6 cm³/mol. The lowest BCUT2D eigenvalue weighted by molar-refractivity contribution is 1.01. The van der Waals surface area contributed by atoms with E-state index in [-0.39, 0.29) is 0 Å². The van der Waals surface area contributed by atoms with Crippen molar-refractivity contribution in [1.29, 1.82) is 0 Å². The molecular formula is C6H9NS. The predicted octanol–water partition coefficient (Wildman–Crippen LogP) is 1.44. The van der Waals surface area contributed by atoms with Crippen LogP contribution < -0.4 is 5.73 Å². The molecule has 0 unspecified atom stereocenters. The first kappa shape index (κ1) is 5.76. The summed E-state index contributed by atoms with van der Waals surface area (Å²) in [4.78, 5) is 0.927. The summed E-state index contributed by atoms with van der Waals surface area (Å²) in [5, 5.41) is 0. The summed E-state index contributed by atoms with van der Waals surface area (Å²) in [6.07, 6.45) is 6.19. The second-order valence-corrected chi connectivity index (χ2v) is 2.31. The minimum Gasteiger partial charge on any atom is -0.398 e. The Labute approximate surface area is 54.7 Å². The minimum absolute atomic E-state index is 0.819. The molecule has 0 atom stereocenters. The Bertz CT molecular complexity index is 129. The molecule has 44 valence electrons. The Kier molecular flexibility index (Phi) is 1.63. The van der Waals surface area contributed by atoms with E-state index in [1.165, 1.54) is 0 Å². The van der Waals surface area contributed by atoms with Gasteiger partial charge in [-0.05, 0) is 12.8 Å². The summed E-state index contributed by atoms with van der Waals surface area (Å²) in [6, 6.07) is 0. The van der Waals surface area contributed by atoms with Crippen molar-refractivity contribution in [3.05, 3.63) is 22.8 Å². The van der Waals surface area contributed by atoms with E-state index in [0.29, 0.717) is 0 Å². The fourth-order valence-corrected chi connectivity index (χ4v) is 0.902. The van der Waals surface area contributed by atoms with Gasteiger partial charge in [0.05, 0.1) is 0 Å². The highest BCUT2D eigenvalue weighted by Crippen LogP contribution is 2.16. The van der Waals surface area contributed by atoms with Crippen LogP contribution in [0.15, 0.2) is 22.8 Å². The van der Waals surface area contributed by atoms with E-state index < -0.39 is 0 Å². The molecule has 1 aliphatic carbocycles. The molecule has 0 amide bonds. The second-order valence-electron chi connectivity index (χ2n) is 1.83. The number of allylic oxidation sites excluding steroid dienone is 2. The van der Waals surface area contributed by atoms with Gasteiger partial charge in [-0.3, -0.25) is 0 Å². The number of nitrogens with two attached hydrogens (primary N) is 1. The monoisotopic (exact) mass is 127 g/mol. The molecule has 0 spiro atoms. The van der Waals surface area contributed by atoms with Gasteiger partial charge >= 0.3 is 0 Å². The molecule has 8 heavy (non-hydrogen) atoms. The highest BCUT2D eigenvalue weighted by molar-refractivity contribution is 7.84. The Morgan fingerprint density at radius 2 is 2.00 bits per heavy atom. The topological polar surface area (TPSA) is 26.0 Å². The molecule has 0 radical (unpaired) electrons. The van der Waals surface area contributed by atoms with Crippen LogP contribution in [0.3, 0.4) is 0 Å². The molecule has 0 saturated carbocycles. The third kappa shape index (κ3) is 1.07. The van der Waals surface area contributed by atoms with Crippen molar-refractivity contribution < 1.29 is 0 Å². The molecule has 1 nitrogen and oxygen atoms in total. The van der Waals surface area contributed by atoms with Gasteiger partial charge in [-0.2, -0.15) is 0 Å². The van der Waals surface area contributed by atoms with E-state index in [0.717, 1.165) is 23.4 Å². The average molecular weight is 127 g/mol. The van der Waals surface area contributed by atoms with E-state index in [9.17, 15) is 0 Å². The zero-order valence-electron chi connectivity index (χ0n) is 4.59. The van der Waals surface area contributed by atoms with Crippen LogP contribution in [-0.4, -0.2) is 0 Å². The summed E-state index contributed by atoms with van der Waals surface area (Å²) < 4.78 is 0. The Hall–Kier alpha value is -0.370. The van der Waals surface area contributed by atoms with Crippen LogP contribution >= 0.6 is 12.6 Å². The summed E-state index contributed by atoms with van der Waals surface area (Å²) in [6.45, 7) is 0. The van der Waals surface area contributed by atoms with Gasteiger partial charge < -0.3 is 5.73 Å². The standard InChI is InChI=1S/C6H9NS/c7-5-3-1-2-4-6(5)8/h3-4,8H,1-2,7H2. The third-order valence-electron chi connectivity index (χ3n) is 1.16.